The molecule has 2 fully saturated rings. The van der Waals surface area contributed by atoms with Gasteiger partial charge < -0.3 is 10.0 Å². The van der Waals surface area contributed by atoms with Crippen molar-refractivity contribution in [2.75, 3.05) is 13.1 Å². The number of hydrogen-bond acceptors (Lipinski definition) is 2. The molecule has 1 saturated heterocycles. The van der Waals surface area contributed by atoms with E-state index in [0.717, 1.165) is 57.2 Å². The monoisotopic (exact) mass is 319 g/mol. The van der Waals surface area contributed by atoms with Gasteiger partial charge in [-0.25, -0.2) is 4.39 Å². The van der Waals surface area contributed by atoms with Crippen molar-refractivity contribution in [2.24, 2.45) is 5.41 Å². The number of nitrogens with zero attached hydrogens (tertiary/aromatic N) is 1. The lowest BCUT2D eigenvalue weighted by molar-refractivity contribution is -0.135. The number of benzene rings is 1. The fraction of sp³-hybridized carbons (Fsp3) is 0.632. The average molecular weight is 319 g/mol. The second-order valence-corrected chi connectivity index (χ2v) is 7.33. The molecule has 4 heteroatoms. The average Bonchev–Trinajstić information content (AvgIpc) is 2.57. The zero-order chi connectivity index (χ0) is 16.4. The summed E-state index contributed by atoms with van der Waals surface area (Å²) in [7, 11) is 0. The van der Waals surface area contributed by atoms with E-state index in [4.69, 9.17) is 0 Å². The molecule has 1 aromatic carbocycles. The van der Waals surface area contributed by atoms with E-state index in [0.29, 0.717) is 5.41 Å². The molecule has 1 heterocycles. The summed E-state index contributed by atoms with van der Waals surface area (Å²) < 4.78 is 13.4. The molecule has 126 valence electrons. The van der Waals surface area contributed by atoms with Gasteiger partial charge in [0, 0.05) is 13.1 Å². The highest BCUT2D eigenvalue weighted by molar-refractivity contribution is 5.83. The van der Waals surface area contributed by atoms with E-state index in [-0.39, 0.29) is 23.7 Å². The van der Waals surface area contributed by atoms with Gasteiger partial charge in [-0.2, -0.15) is 0 Å². The molecule has 1 N–H and O–H groups in total. The lowest BCUT2D eigenvalue weighted by atomic mass is 9.67. The predicted molar refractivity (Wildman–Crippen MR) is 87.5 cm³/mol. The molecule has 23 heavy (non-hydrogen) atoms. The summed E-state index contributed by atoms with van der Waals surface area (Å²) in [5.74, 6) is -0.491. The Kier molecular flexibility index (Phi) is 4.72. The van der Waals surface area contributed by atoms with Crippen LogP contribution in [0.1, 0.15) is 56.9 Å². The molecule has 1 aliphatic carbocycles. The third kappa shape index (κ3) is 3.57. The lowest BCUT2D eigenvalue weighted by Gasteiger charge is -2.45. The van der Waals surface area contributed by atoms with Gasteiger partial charge in [0.2, 0.25) is 5.91 Å². The number of carbonyl (C=O) groups is 1. The smallest absolute Gasteiger partial charge is 0.229 e. The fourth-order valence-corrected chi connectivity index (χ4v) is 4.11. The van der Waals surface area contributed by atoms with Crippen LogP contribution in [-0.2, 0) is 4.79 Å². The maximum absolute atomic E-state index is 13.4. The molecule has 1 unspecified atom stereocenters. The molecule has 0 radical (unpaired) electrons. The Labute approximate surface area is 137 Å². The van der Waals surface area contributed by atoms with Crippen LogP contribution in [0.5, 0.6) is 0 Å². The van der Waals surface area contributed by atoms with E-state index in [9.17, 15) is 14.3 Å². The molecular formula is C19H26FNO2. The van der Waals surface area contributed by atoms with Crippen LogP contribution >= 0.6 is 0 Å². The van der Waals surface area contributed by atoms with Crippen molar-refractivity contribution in [3.63, 3.8) is 0 Å². The fourth-order valence-electron chi connectivity index (χ4n) is 4.11. The van der Waals surface area contributed by atoms with Crippen molar-refractivity contribution in [3.8, 4) is 0 Å². The molecule has 3 nitrogen and oxygen atoms in total. The van der Waals surface area contributed by atoms with Crippen molar-refractivity contribution in [1.82, 2.24) is 4.90 Å². The maximum atomic E-state index is 13.4. The van der Waals surface area contributed by atoms with Crippen LogP contribution in [0, 0.1) is 11.2 Å². The molecule has 3 rings (SSSR count). The summed E-state index contributed by atoms with van der Waals surface area (Å²) in [6, 6.07) is 6.34. The Morgan fingerprint density at radius 2 is 1.91 bits per heavy atom. The number of aliphatic hydroxyl groups is 1. The summed E-state index contributed by atoms with van der Waals surface area (Å²) in [6.45, 7) is 3.43. The minimum absolute atomic E-state index is 0.0984. The first kappa shape index (κ1) is 16.4. The maximum Gasteiger partial charge on any atom is 0.229 e. The van der Waals surface area contributed by atoms with Gasteiger partial charge in [-0.1, -0.05) is 12.1 Å². The van der Waals surface area contributed by atoms with Crippen LogP contribution < -0.4 is 0 Å². The Morgan fingerprint density at radius 3 is 2.52 bits per heavy atom. The van der Waals surface area contributed by atoms with Gasteiger partial charge in [0.1, 0.15) is 5.82 Å². The zero-order valence-electron chi connectivity index (χ0n) is 13.8. The number of amides is 1. The molecule has 1 aliphatic heterocycles. The van der Waals surface area contributed by atoms with Crippen molar-refractivity contribution in [2.45, 2.75) is 57.5 Å². The largest absolute Gasteiger partial charge is 0.393 e. The second-order valence-electron chi connectivity index (χ2n) is 7.33. The highest BCUT2D eigenvalue weighted by Crippen LogP contribution is 2.44. The van der Waals surface area contributed by atoms with Crippen molar-refractivity contribution >= 4 is 5.91 Å². The molecule has 0 bridgehead atoms. The molecule has 2 aliphatic rings. The summed E-state index contributed by atoms with van der Waals surface area (Å²) >= 11 is 0. The number of halogens is 1. The third-order valence-electron chi connectivity index (χ3n) is 5.87. The minimum atomic E-state index is -0.298. The minimum Gasteiger partial charge on any atom is -0.393 e. The first-order valence-electron chi connectivity index (χ1n) is 8.71. The Balaban J connectivity index is 1.60. The van der Waals surface area contributed by atoms with Crippen molar-refractivity contribution < 1.29 is 14.3 Å². The predicted octanol–water partition coefficient (Wildman–Crippen LogP) is 3.47. The Bertz CT molecular complexity index is 556. The SMILES string of the molecule is CC(C(=O)N1CCC2(CCC(O)CC2)CC1)c1cccc(F)c1. The van der Waals surface area contributed by atoms with Crippen LogP contribution in [0.4, 0.5) is 4.39 Å². The Morgan fingerprint density at radius 1 is 1.26 bits per heavy atom. The quantitative estimate of drug-likeness (QED) is 0.907. The van der Waals surface area contributed by atoms with E-state index in [1.54, 1.807) is 6.07 Å². The van der Waals surface area contributed by atoms with Gasteiger partial charge in [0.25, 0.3) is 0 Å². The van der Waals surface area contributed by atoms with Crippen molar-refractivity contribution in [3.05, 3.63) is 35.6 Å². The number of rotatable bonds is 2. The van der Waals surface area contributed by atoms with Crippen LogP contribution in [0.15, 0.2) is 24.3 Å². The standard InChI is InChI=1S/C19H26FNO2/c1-14(15-3-2-4-16(20)13-15)18(23)21-11-9-19(10-12-21)7-5-17(22)6-8-19/h2-4,13-14,17,22H,5-12H2,1H3. The van der Waals surface area contributed by atoms with Gasteiger partial charge in [-0.15, -0.1) is 0 Å². The number of piperidine rings is 1. The first-order chi connectivity index (χ1) is 11.0. The van der Waals surface area contributed by atoms with E-state index in [1.807, 2.05) is 17.9 Å². The topological polar surface area (TPSA) is 40.5 Å². The number of hydrogen-bond donors (Lipinski definition) is 1. The molecule has 0 aromatic heterocycles. The molecule has 1 spiro atoms. The van der Waals surface area contributed by atoms with Gasteiger partial charge >= 0.3 is 0 Å². The highest BCUT2D eigenvalue weighted by Gasteiger charge is 2.39. The van der Waals surface area contributed by atoms with E-state index in [1.165, 1.54) is 12.1 Å². The van der Waals surface area contributed by atoms with Gasteiger partial charge in [0.05, 0.1) is 12.0 Å². The number of aliphatic hydroxyl groups excluding tert-OH is 1. The summed E-state index contributed by atoms with van der Waals surface area (Å²) in [6.07, 6.45) is 5.88. The second kappa shape index (κ2) is 6.60. The molecule has 1 atom stereocenters. The molecule has 1 amide bonds. The molecule has 1 saturated carbocycles. The summed E-state index contributed by atoms with van der Waals surface area (Å²) in [5, 5.41) is 9.69. The summed E-state index contributed by atoms with van der Waals surface area (Å²) in [5.41, 5.74) is 1.08. The van der Waals surface area contributed by atoms with Crippen LogP contribution in [-0.4, -0.2) is 35.1 Å². The number of likely N-dealkylation sites (tertiary alicyclic amines) is 1. The van der Waals surface area contributed by atoms with E-state index in [2.05, 4.69) is 0 Å². The van der Waals surface area contributed by atoms with Gasteiger partial charge in [-0.3, -0.25) is 4.79 Å². The Hall–Kier alpha value is -1.42. The highest BCUT2D eigenvalue weighted by atomic mass is 19.1. The third-order valence-corrected chi connectivity index (χ3v) is 5.87. The van der Waals surface area contributed by atoms with Gasteiger partial charge in [-0.05, 0) is 68.6 Å². The van der Waals surface area contributed by atoms with Crippen LogP contribution in [0.25, 0.3) is 0 Å². The molecular weight excluding hydrogens is 293 g/mol. The lowest BCUT2D eigenvalue weighted by Crippen LogP contribution is -2.46. The molecule has 1 aromatic rings. The van der Waals surface area contributed by atoms with Crippen LogP contribution in [0.2, 0.25) is 0 Å². The van der Waals surface area contributed by atoms with Crippen molar-refractivity contribution in [1.29, 1.82) is 0 Å². The van der Waals surface area contributed by atoms with E-state index < -0.39 is 0 Å². The van der Waals surface area contributed by atoms with Gasteiger partial charge in [0.15, 0.2) is 0 Å². The normalized spacial score (nSPS) is 23.0. The number of carbonyl (C=O) groups excluding carboxylic acids is 1. The van der Waals surface area contributed by atoms with E-state index >= 15 is 0 Å². The first-order valence-corrected chi connectivity index (χ1v) is 8.71. The summed E-state index contributed by atoms with van der Waals surface area (Å²) in [4.78, 5) is 14.6. The van der Waals surface area contributed by atoms with Crippen LogP contribution in [0.3, 0.4) is 0 Å². The zero-order valence-corrected chi connectivity index (χ0v) is 13.8.